The van der Waals surface area contributed by atoms with Crippen molar-refractivity contribution in [2.24, 2.45) is 5.10 Å². The van der Waals surface area contributed by atoms with E-state index < -0.39 is 0 Å². The lowest BCUT2D eigenvalue weighted by Crippen LogP contribution is -2.01. The summed E-state index contributed by atoms with van der Waals surface area (Å²) in [6, 6.07) is 17.1. The Hall–Kier alpha value is -2.99. The number of ether oxygens (including phenoxy) is 1. The van der Waals surface area contributed by atoms with E-state index in [0.717, 1.165) is 16.8 Å². The van der Waals surface area contributed by atoms with Gasteiger partial charge in [-0.3, -0.25) is 10.2 Å². The van der Waals surface area contributed by atoms with Crippen molar-refractivity contribution in [2.45, 2.75) is 6.92 Å². The predicted molar refractivity (Wildman–Crippen MR) is 96.5 cm³/mol. The third-order valence-electron chi connectivity index (χ3n) is 3.07. The predicted octanol–water partition coefficient (Wildman–Crippen LogP) is 4.18. The molecule has 0 spiro atoms. The molecule has 0 fully saturated rings. The standard InChI is InChI=1S/C18H15N3O2S/c1-13(22)23-16-9-5-6-14(10-16)11-19-21-18-20-17(12-24-18)15-7-3-2-4-8-15/h2-12H,1H3,(H,20,21). The molecule has 1 aromatic heterocycles. The maximum absolute atomic E-state index is 11.0. The number of esters is 1. The molecule has 0 atom stereocenters. The molecule has 3 aromatic rings. The fourth-order valence-electron chi connectivity index (χ4n) is 2.05. The monoisotopic (exact) mass is 337 g/mol. The van der Waals surface area contributed by atoms with Crippen LogP contribution in [-0.4, -0.2) is 17.2 Å². The number of rotatable bonds is 5. The van der Waals surface area contributed by atoms with Crippen molar-refractivity contribution in [2.75, 3.05) is 5.43 Å². The zero-order chi connectivity index (χ0) is 16.8. The van der Waals surface area contributed by atoms with Crippen LogP contribution in [0.15, 0.2) is 65.1 Å². The molecule has 120 valence electrons. The Morgan fingerprint density at radius 3 is 2.83 bits per heavy atom. The number of hydrazone groups is 1. The number of nitrogens with one attached hydrogen (secondary N) is 1. The van der Waals surface area contributed by atoms with E-state index in [-0.39, 0.29) is 5.97 Å². The van der Waals surface area contributed by atoms with Crippen LogP contribution >= 0.6 is 11.3 Å². The quantitative estimate of drug-likeness (QED) is 0.328. The van der Waals surface area contributed by atoms with E-state index in [1.54, 1.807) is 24.4 Å². The lowest BCUT2D eigenvalue weighted by Gasteiger charge is -2.01. The average molecular weight is 337 g/mol. The Balaban J connectivity index is 1.65. The molecule has 1 N–H and O–H groups in total. The molecule has 0 amide bonds. The average Bonchev–Trinajstić information content (AvgIpc) is 3.04. The zero-order valence-corrected chi connectivity index (χ0v) is 13.8. The molecule has 0 aliphatic carbocycles. The number of carbonyl (C=O) groups excluding carboxylic acids is 1. The summed E-state index contributed by atoms with van der Waals surface area (Å²) >= 11 is 1.49. The van der Waals surface area contributed by atoms with E-state index in [2.05, 4.69) is 15.5 Å². The van der Waals surface area contributed by atoms with Crippen molar-refractivity contribution in [3.05, 3.63) is 65.5 Å². The summed E-state index contributed by atoms with van der Waals surface area (Å²) in [4.78, 5) is 15.5. The largest absolute Gasteiger partial charge is 0.427 e. The highest BCUT2D eigenvalue weighted by atomic mass is 32.1. The molecule has 0 saturated heterocycles. The normalized spacial score (nSPS) is 10.7. The Labute approximate surface area is 143 Å². The maximum Gasteiger partial charge on any atom is 0.308 e. The SMILES string of the molecule is CC(=O)Oc1cccc(C=NNc2nc(-c3ccccc3)cs2)c1. The van der Waals surface area contributed by atoms with Crippen LogP contribution in [0.1, 0.15) is 12.5 Å². The third kappa shape index (κ3) is 4.27. The number of benzene rings is 2. The Kier molecular flexibility index (Phi) is 4.98. The lowest BCUT2D eigenvalue weighted by atomic mass is 10.2. The molecule has 0 unspecified atom stereocenters. The Morgan fingerprint density at radius 1 is 1.21 bits per heavy atom. The number of hydrogen-bond acceptors (Lipinski definition) is 6. The van der Waals surface area contributed by atoms with E-state index in [4.69, 9.17) is 4.74 Å². The van der Waals surface area contributed by atoms with Gasteiger partial charge >= 0.3 is 5.97 Å². The summed E-state index contributed by atoms with van der Waals surface area (Å²) in [6.45, 7) is 1.37. The highest BCUT2D eigenvalue weighted by Gasteiger charge is 2.03. The summed E-state index contributed by atoms with van der Waals surface area (Å²) in [5, 5.41) is 6.86. The molecule has 0 aliphatic rings. The number of anilines is 1. The second kappa shape index (κ2) is 7.52. The number of aromatic nitrogens is 1. The fraction of sp³-hybridized carbons (Fsp3) is 0.0556. The molecule has 0 bridgehead atoms. The van der Waals surface area contributed by atoms with Crippen LogP contribution < -0.4 is 10.2 Å². The van der Waals surface area contributed by atoms with Gasteiger partial charge in [-0.05, 0) is 17.7 Å². The first-order valence-electron chi connectivity index (χ1n) is 7.29. The zero-order valence-electron chi connectivity index (χ0n) is 13.0. The molecule has 0 saturated carbocycles. The second-order valence-corrected chi connectivity index (χ2v) is 5.80. The van der Waals surface area contributed by atoms with Gasteiger partial charge in [-0.25, -0.2) is 4.98 Å². The first-order chi connectivity index (χ1) is 11.7. The smallest absolute Gasteiger partial charge is 0.308 e. The van der Waals surface area contributed by atoms with Gasteiger partial charge in [0, 0.05) is 17.9 Å². The highest BCUT2D eigenvalue weighted by Crippen LogP contribution is 2.24. The van der Waals surface area contributed by atoms with Crippen LogP contribution in [0, 0.1) is 0 Å². The van der Waals surface area contributed by atoms with E-state index in [9.17, 15) is 4.79 Å². The van der Waals surface area contributed by atoms with Crippen LogP contribution in [0.5, 0.6) is 5.75 Å². The topological polar surface area (TPSA) is 63.6 Å². The van der Waals surface area contributed by atoms with Crippen LogP contribution in [0.25, 0.3) is 11.3 Å². The van der Waals surface area contributed by atoms with E-state index >= 15 is 0 Å². The van der Waals surface area contributed by atoms with Gasteiger partial charge < -0.3 is 4.74 Å². The van der Waals surface area contributed by atoms with Gasteiger partial charge in [-0.2, -0.15) is 5.10 Å². The Morgan fingerprint density at radius 2 is 2.04 bits per heavy atom. The third-order valence-corrected chi connectivity index (χ3v) is 3.81. The molecule has 3 rings (SSSR count). The van der Waals surface area contributed by atoms with Gasteiger partial charge in [-0.15, -0.1) is 11.3 Å². The molecule has 0 radical (unpaired) electrons. The first-order valence-corrected chi connectivity index (χ1v) is 8.17. The molecular weight excluding hydrogens is 322 g/mol. The van der Waals surface area contributed by atoms with Crippen molar-refractivity contribution >= 4 is 28.7 Å². The van der Waals surface area contributed by atoms with Gasteiger partial charge in [-0.1, -0.05) is 42.5 Å². The lowest BCUT2D eigenvalue weighted by molar-refractivity contribution is -0.131. The minimum Gasteiger partial charge on any atom is -0.427 e. The van der Waals surface area contributed by atoms with E-state index in [1.165, 1.54) is 18.3 Å². The van der Waals surface area contributed by atoms with Crippen LogP contribution in [0.4, 0.5) is 5.13 Å². The Bertz CT molecular complexity index is 859. The van der Waals surface area contributed by atoms with Crippen molar-refractivity contribution in [3.63, 3.8) is 0 Å². The highest BCUT2D eigenvalue weighted by molar-refractivity contribution is 7.14. The van der Waals surface area contributed by atoms with Gasteiger partial charge in [0.15, 0.2) is 0 Å². The number of carbonyl (C=O) groups is 1. The van der Waals surface area contributed by atoms with Gasteiger partial charge in [0.2, 0.25) is 5.13 Å². The fourth-order valence-corrected chi connectivity index (χ4v) is 2.72. The first kappa shape index (κ1) is 15.9. The summed E-state index contributed by atoms with van der Waals surface area (Å²) < 4.78 is 5.04. The van der Waals surface area contributed by atoms with Crippen LogP contribution in [-0.2, 0) is 4.79 Å². The molecule has 5 nitrogen and oxygen atoms in total. The minimum absolute atomic E-state index is 0.349. The van der Waals surface area contributed by atoms with E-state index in [0.29, 0.717) is 10.9 Å². The van der Waals surface area contributed by atoms with Gasteiger partial charge in [0.05, 0.1) is 11.9 Å². The molecule has 0 aliphatic heterocycles. The number of nitrogens with zero attached hydrogens (tertiary/aromatic N) is 2. The van der Waals surface area contributed by atoms with Crippen molar-refractivity contribution in [1.29, 1.82) is 0 Å². The van der Waals surface area contributed by atoms with Crippen molar-refractivity contribution < 1.29 is 9.53 Å². The maximum atomic E-state index is 11.0. The number of hydrogen-bond donors (Lipinski definition) is 1. The van der Waals surface area contributed by atoms with E-state index in [1.807, 2.05) is 41.8 Å². The second-order valence-electron chi connectivity index (χ2n) is 4.94. The summed E-state index contributed by atoms with van der Waals surface area (Å²) in [6.07, 6.45) is 1.65. The summed E-state index contributed by atoms with van der Waals surface area (Å²) in [5.41, 5.74) is 5.71. The molecular formula is C18H15N3O2S. The van der Waals surface area contributed by atoms with Gasteiger partial charge in [0.1, 0.15) is 5.75 Å². The minimum atomic E-state index is -0.349. The summed E-state index contributed by atoms with van der Waals surface area (Å²) in [7, 11) is 0. The molecule has 6 heteroatoms. The van der Waals surface area contributed by atoms with Crippen molar-refractivity contribution in [1.82, 2.24) is 4.98 Å². The molecule has 1 heterocycles. The van der Waals surface area contributed by atoms with Crippen LogP contribution in [0.3, 0.4) is 0 Å². The number of thiazole rings is 1. The van der Waals surface area contributed by atoms with Crippen molar-refractivity contribution in [3.8, 4) is 17.0 Å². The molecule has 2 aromatic carbocycles. The van der Waals surface area contributed by atoms with Crippen LogP contribution in [0.2, 0.25) is 0 Å². The van der Waals surface area contributed by atoms with Gasteiger partial charge in [0.25, 0.3) is 0 Å². The summed E-state index contributed by atoms with van der Waals surface area (Å²) in [5.74, 6) is 0.144. The molecule has 24 heavy (non-hydrogen) atoms.